The Morgan fingerprint density at radius 2 is 1.53 bits per heavy atom. The average Bonchev–Trinajstić information content (AvgIpc) is 2.32. The van der Waals surface area contributed by atoms with Crippen LogP contribution in [0.2, 0.25) is 0 Å². The second-order valence-corrected chi connectivity index (χ2v) is 4.87. The second-order valence-electron chi connectivity index (χ2n) is 4.87. The largest absolute Gasteiger partial charge is 0.397 e. The van der Waals surface area contributed by atoms with E-state index in [0.717, 1.165) is 29.8 Å². The summed E-state index contributed by atoms with van der Waals surface area (Å²) in [6.07, 6.45) is 7.01. The van der Waals surface area contributed by atoms with Crippen LogP contribution in [0.15, 0.2) is 6.07 Å². The summed E-state index contributed by atoms with van der Waals surface area (Å²) in [5.41, 5.74) is 17.6. The molecule has 0 radical (unpaired) electrons. The van der Waals surface area contributed by atoms with Crippen molar-refractivity contribution in [2.45, 2.75) is 59.3 Å². The first kappa shape index (κ1) is 13.9. The highest BCUT2D eigenvalue weighted by Crippen LogP contribution is 2.30. The van der Waals surface area contributed by atoms with Gasteiger partial charge in [0.05, 0.1) is 11.4 Å². The fourth-order valence-electron chi connectivity index (χ4n) is 2.21. The van der Waals surface area contributed by atoms with Gasteiger partial charge in [0, 0.05) is 0 Å². The SMILES string of the molecule is CCCCc1cc(C)c(N)c(N)c1CCCC. The topological polar surface area (TPSA) is 52.0 Å². The minimum atomic E-state index is 0.774. The molecule has 1 aromatic carbocycles. The van der Waals surface area contributed by atoms with Gasteiger partial charge in [-0.05, 0) is 49.3 Å². The van der Waals surface area contributed by atoms with Gasteiger partial charge in [0.25, 0.3) is 0 Å². The zero-order valence-electron chi connectivity index (χ0n) is 11.5. The van der Waals surface area contributed by atoms with Crippen LogP contribution in [0.1, 0.15) is 56.2 Å². The maximum atomic E-state index is 6.17. The minimum Gasteiger partial charge on any atom is -0.397 e. The lowest BCUT2D eigenvalue weighted by molar-refractivity contribution is 0.759. The van der Waals surface area contributed by atoms with Crippen molar-refractivity contribution in [1.29, 1.82) is 0 Å². The molecule has 0 saturated heterocycles. The standard InChI is InChI=1S/C15H26N2/c1-4-6-8-12-10-11(3)14(16)15(17)13(12)9-7-5-2/h10H,4-9,16-17H2,1-3H3. The van der Waals surface area contributed by atoms with Gasteiger partial charge in [-0.2, -0.15) is 0 Å². The fourth-order valence-corrected chi connectivity index (χ4v) is 2.21. The molecule has 0 saturated carbocycles. The molecular weight excluding hydrogens is 208 g/mol. The summed E-state index contributed by atoms with van der Waals surface area (Å²) >= 11 is 0. The Bertz CT molecular complexity index is 370. The normalized spacial score (nSPS) is 10.8. The van der Waals surface area contributed by atoms with E-state index in [1.54, 1.807) is 0 Å². The number of hydrogen-bond donors (Lipinski definition) is 2. The summed E-state index contributed by atoms with van der Waals surface area (Å²) in [7, 11) is 0. The van der Waals surface area contributed by atoms with E-state index < -0.39 is 0 Å². The molecule has 0 fully saturated rings. The lowest BCUT2D eigenvalue weighted by atomic mass is 9.93. The average molecular weight is 234 g/mol. The Labute approximate surface area is 105 Å². The lowest BCUT2D eigenvalue weighted by Gasteiger charge is -2.16. The van der Waals surface area contributed by atoms with E-state index in [1.807, 2.05) is 6.92 Å². The van der Waals surface area contributed by atoms with Gasteiger partial charge in [0.2, 0.25) is 0 Å². The van der Waals surface area contributed by atoms with Gasteiger partial charge in [0.15, 0.2) is 0 Å². The molecule has 0 atom stereocenters. The summed E-state index contributed by atoms with van der Waals surface area (Å²) in [6, 6.07) is 2.23. The predicted octanol–water partition coefficient (Wildman–Crippen LogP) is 3.84. The molecule has 17 heavy (non-hydrogen) atoms. The van der Waals surface area contributed by atoms with E-state index in [1.165, 1.54) is 36.8 Å². The zero-order chi connectivity index (χ0) is 12.8. The first-order valence-corrected chi connectivity index (χ1v) is 6.78. The molecule has 0 aliphatic carbocycles. The van der Waals surface area contributed by atoms with Crippen LogP contribution < -0.4 is 11.5 Å². The first-order chi connectivity index (χ1) is 8.11. The lowest BCUT2D eigenvalue weighted by Crippen LogP contribution is -2.06. The number of nitrogens with two attached hydrogens (primary N) is 2. The maximum absolute atomic E-state index is 6.17. The van der Waals surface area contributed by atoms with Crippen molar-refractivity contribution in [2.75, 3.05) is 11.5 Å². The molecule has 0 bridgehead atoms. The van der Waals surface area contributed by atoms with Crippen LogP contribution in [0.3, 0.4) is 0 Å². The van der Waals surface area contributed by atoms with Crippen molar-refractivity contribution in [3.05, 3.63) is 22.8 Å². The van der Waals surface area contributed by atoms with Gasteiger partial charge in [-0.3, -0.25) is 0 Å². The van der Waals surface area contributed by atoms with E-state index in [0.29, 0.717) is 0 Å². The number of anilines is 2. The monoisotopic (exact) mass is 234 g/mol. The van der Waals surface area contributed by atoms with Crippen molar-refractivity contribution in [2.24, 2.45) is 0 Å². The molecule has 0 aliphatic heterocycles. The minimum absolute atomic E-state index is 0.774. The van der Waals surface area contributed by atoms with Crippen LogP contribution in [-0.4, -0.2) is 0 Å². The third-order valence-electron chi connectivity index (χ3n) is 3.40. The highest BCUT2D eigenvalue weighted by atomic mass is 14.7. The summed E-state index contributed by atoms with van der Waals surface area (Å²) in [5.74, 6) is 0. The highest BCUT2D eigenvalue weighted by Gasteiger charge is 2.11. The number of aryl methyl sites for hydroxylation is 2. The van der Waals surface area contributed by atoms with Crippen LogP contribution in [0.4, 0.5) is 11.4 Å². The van der Waals surface area contributed by atoms with Gasteiger partial charge in [-0.15, -0.1) is 0 Å². The van der Waals surface area contributed by atoms with Gasteiger partial charge in [-0.25, -0.2) is 0 Å². The fraction of sp³-hybridized carbons (Fsp3) is 0.600. The summed E-state index contributed by atoms with van der Waals surface area (Å²) < 4.78 is 0. The quantitative estimate of drug-likeness (QED) is 0.735. The van der Waals surface area contributed by atoms with Gasteiger partial charge in [-0.1, -0.05) is 32.8 Å². The zero-order valence-corrected chi connectivity index (χ0v) is 11.5. The van der Waals surface area contributed by atoms with Crippen molar-refractivity contribution >= 4 is 11.4 Å². The molecular formula is C15H26N2. The molecule has 0 aliphatic rings. The summed E-state index contributed by atoms with van der Waals surface area (Å²) in [6.45, 7) is 6.48. The third-order valence-corrected chi connectivity index (χ3v) is 3.40. The van der Waals surface area contributed by atoms with Crippen LogP contribution in [-0.2, 0) is 12.8 Å². The molecule has 0 unspecified atom stereocenters. The van der Waals surface area contributed by atoms with E-state index >= 15 is 0 Å². The molecule has 2 heteroatoms. The highest BCUT2D eigenvalue weighted by molar-refractivity contribution is 5.73. The Kier molecular flexibility index (Phi) is 5.33. The Morgan fingerprint density at radius 3 is 2.12 bits per heavy atom. The number of hydrogen-bond acceptors (Lipinski definition) is 2. The number of benzene rings is 1. The molecule has 0 amide bonds. The van der Waals surface area contributed by atoms with Crippen LogP contribution in [0.25, 0.3) is 0 Å². The van der Waals surface area contributed by atoms with E-state index in [9.17, 15) is 0 Å². The smallest absolute Gasteiger partial charge is 0.0585 e. The molecule has 1 aromatic rings. The maximum Gasteiger partial charge on any atom is 0.0585 e. The van der Waals surface area contributed by atoms with E-state index in [4.69, 9.17) is 11.5 Å². The van der Waals surface area contributed by atoms with Crippen LogP contribution in [0.5, 0.6) is 0 Å². The van der Waals surface area contributed by atoms with Gasteiger partial charge >= 0.3 is 0 Å². The predicted molar refractivity (Wildman–Crippen MR) is 77.2 cm³/mol. The molecule has 0 aromatic heterocycles. The molecule has 2 nitrogen and oxygen atoms in total. The van der Waals surface area contributed by atoms with E-state index in [2.05, 4.69) is 19.9 Å². The molecule has 4 N–H and O–H groups in total. The molecule has 1 rings (SSSR count). The Balaban J connectivity index is 3.06. The Hall–Kier alpha value is -1.18. The van der Waals surface area contributed by atoms with Crippen LogP contribution >= 0.6 is 0 Å². The van der Waals surface area contributed by atoms with Gasteiger partial charge in [0.1, 0.15) is 0 Å². The molecule has 96 valence electrons. The first-order valence-electron chi connectivity index (χ1n) is 6.78. The van der Waals surface area contributed by atoms with E-state index in [-0.39, 0.29) is 0 Å². The molecule has 0 spiro atoms. The van der Waals surface area contributed by atoms with Gasteiger partial charge < -0.3 is 11.5 Å². The summed E-state index contributed by atoms with van der Waals surface area (Å²) in [5, 5.41) is 0. The van der Waals surface area contributed by atoms with Crippen molar-refractivity contribution in [1.82, 2.24) is 0 Å². The number of nitrogen functional groups attached to an aromatic ring is 2. The van der Waals surface area contributed by atoms with Crippen LogP contribution in [0, 0.1) is 6.92 Å². The Morgan fingerprint density at radius 1 is 0.941 bits per heavy atom. The van der Waals surface area contributed by atoms with Crippen molar-refractivity contribution < 1.29 is 0 Å². The third kappa shape index (κ3) is 3.39. The number of rotatable bonds is 6. The second kappa shape index (κ2) is 6.53. The van der Waals surface area contributed by atoms with Crippen molar-refractivity contribution in [3.63, 3.8) is 0 Å². The summed E-state index contributed by atoms with van der Waals surface area (Å²) in [4.78, 5) is 0. The van der Waals surface area contributed by atoms with Crippen molar-refractivity contribution in [3.8, 4) is 0 Å². The molecule has 0 heterocycles. The number of unbranched alkanes of at least 4 members (excludes halogenated alkanes) is 2.